The van der Waals surface area contributed by atoms with Gasteiger partial charge in [0.15, 0.2) is 0 Å². The molecule has 0 unspecified atom stereocenters. The predicted molar refractivity (Wildman–Crippen MR) is 220 cm³/mol. The first-order valence-corrected chi connectivity index (χ1v) is 17.8. The van der Waals surface area contributed by atoms with Crippen molar-refractivity contribution >= 4 is 60.5 Å². The Balaban J connectivity index is 1.10. The van der Waals surface area contributed by atoms with E-state index in [1.807, 2.05) is 12.1 Å². The molecule has 10 rings (SSSR count). The van der Waals surface area contributed by atoms with Crippen molar-refractivity contribution in [2.75, 3.05) is 4.90 Å². The van der Waals surface area contributed by atoms with Gasteiger partial charge < -0.3 is 9.32 Å². The molecule has 0 amide bonds. The maximum absolute atomic E-state index is 6.17. The van der Waals surface area contributed by atoms with Crippen molar-refractivity contribution < 1.29 is 4.42 Å². The molecular weight excluding hydrogens is 631 g/mol. The van der Waals surface area contributed by atoms with E-state index in [1.165, 1.54) is 60.3 Å². The Morgan fingerprint density at radius 3 is 1.54 bits per heavy atom. The van der Waals surface area contributed by atoms with Crippen molar-refractivity contribution in [3.05, 3.63) is 200 Å². The summed E-state index contributed by atoms with van der Waals surface area (Å²) in [4.78, 5) is 2.40. The van der Waals surface area contributed by atoms with E-state index in [1.54, 1.807) is 0 Å². The first kappa shape index (κ1) is 30.0. The lowest BCUT2D eigenvalue weighted by atomic mass is 9.97. The summed E-state index contributed by atoms with van der Waals surface area (Å²) in [5, 5.41) is 7.14. The summed E-state index contributed by atoms with van der Waals surface area (Å²) in [6.45, 7) is 0. The van der Waals surface area contributed by atoms with Gasteiger partial charge in [-0.05, 0) is 104 Å². The molecule has 244 valence electrons. The molecule has 0 N–H and O–H groups in total. The standard InChI is InChI=1S/C50H33NO/c1-3-11-34(12-4-1)36-19-25-42(26-20-36)51(47-33-41(35-13-5-2-6-14-35)32-39-15-7-8-16-44(39)47)43-27-21-37(22-28-43)38-23-29-45-40(31-38)24-30-49-50(45)46-17-9-10-18-48(46)52-49/h1-33H. The van der Waals surface area contributed by atoms with Crippen molar-refractivity contribution in [3.8, 4) is 33.4 Å². The zero-order valence-corrected chi connectivity index (χ0v) is 28.4. The number of hydrogen-bond donors (Lipinski definition) is 0. The van der Waals surface area contributed by atoms with Crippen molar-refractivity contribution in [1.29, 1.82) is 0 Å². The van der Waals surface area contributed by atoms with Gasteiger partial charge in [-0.2, -0.15) is 0 Å². The molecule has 0 atom stereocenters. The number of anilines is 3. The molecular formula is C50H33NO. The number of nitrogens with zero attached hydrogens (tertiary/aromatic N) is 1. The average molecular weight is 664 g/mol. The van der Waals surface area contributed by atoms with E-state index in [2.05, 4.69) is 193 Å². The highest BCUT2D eigenvalue weighted by Gasteiger charge is 2.18. The summed E-state index contributed by atoms with van der Waals surface area (Å²) in [5.74, 6) is 0. The molecule has 0 spiro atoms. The topological polar surface area (TPSA) is 16.4 Å². The van der Waals surface area contributed by atoms with E-state index in [9.17, 15) is 0 Å². The Hall–Kier alpha value is -6.90. The highest BCUT2D eigenvalue weighted by molar-refractivity contribution is 6.19. The smallest absolute Gasteiger partial charge is 0.136 e. The molecule has 0 radical (unpaired) electrons. The van der Waals surface area contributed by atoms with Crippen LogP contribution in [0.1, 0.15) is 0 Å². The Kier molecular flexibility index (Phi) is 7.18. The third kappa shape index (κ3) is 5.21. The largest absolute Gasteiger partial charge is 0.456 e. The van der Waals surface area contributed by atoms with Gasteiger partial charge in [-0.3, -0.25) is 0 Å². The first-order chi connectivity index (χ1) is 25.8. The molecule has 0 fully saturated rings. The molecule has 0 saturated heterocycles. The van der Waals surface area contributed by atoms with Gasteiger partial charge in [0.1, 0.15) is 11.2 Å². The molecule has 2 heteroatoms. The second kappa shape index (κ2) is 12.5. The number of hydrogen-bond acceptors (Lipinski definition) is 2. The first-order valence-electron chi connectivity index (χ1n) is 17.8. The average Bonchev–Trinajstić information content (AvgIpc) is 3.61. The predicted octanol–water partition coefficient (Wildman–Crippen LogP) is 14.4. The molecule has 0 aliphatic heterocycles. The van der Waals surface area contributed by atoms with E-state index in [-0.39, 0.29) is 0 Å². The van der Waals surface area contributed by atoms with Crippen molar-refractivity contribution in [3.63, 3.8) is 0 Å². The van der Waals surface area contributed by atoms with Crippen LogP contribution in [0.2, 0.25) is 0 Å². The quantitative estimate of drug-likeness (QED) is 0.176. The molecule has 52 heavy (non-hydrogen) atoms. The van der Waals surface area contributed by atoms with Gasteiger partial charge in [0.25, 0.3) is 0 Å². The fourth-order valence-corrected chi connectivity index (χ4v) is 7.67. The summed E-state index contributed by atoms with van der Waals surface area (Å²) >= 11 is 0. The highest BCUT2D eigenvalue weighted by atomic mass is 16.3. The minimum atomic E-state index is 0.922. The summed E-state index contributed by atoms with van der Waals surface area (Å²) in [7, 11) is 0. The van der Waals surface area contributed by atoms with Crippen LogP contribution in [0.5, 0.6) is 0 Å². The fraction of sp³-hybridized carbons (Fsp3) is 0. The molecule has 0 bridgehead atoms. The number of rotatable bonds is 6. The number of furan rings is 1. The van der Waals surface area contributed by atoms with Crippen LogP contribution in [0.3, 0.4) is 0 Å². The summed E-state index contributed by atoms with van der Waals surface area (Å²) in [5.41, 5.74) is 12.3. The van der Waals surface area contributed by atoms with Gasteiger partial charge in [-0.1, -0.05) is 146 Å². The molecule has 0 aliphatic carbocycles. The van der Waals surface area contributed by atoms with Crippen LogP contribution in [-0.2, 0) is 0 Å². The third-order valence-corrected chi connectivity index (χ3v) is 10.2. The van der Waals surface area contributed by atoms with E-state index >= 15 is 0 Å². The van der Waals surface area contributed by atoms with Crippen molar-refractivity contribution in [1.82, 2.24) is 0 Å². The second-order valence-corrected chi connectivity index (χ2v) is 13.4. The summed E-state index contributed by atoms with van der Waals surface area (Å²) in [6, 6.07) is 71.8. The van der Waals surface area contributed by atoms with Gasteiger partial charge in [0.2, 0.25) is 0 Å². The van der Waals surface area contributed by atoms with Crippen molar-refractivity contribution in [2.24, 2.45) is 0 Å². The third-order valence-electron chi connectivity index (χ3n) is 10.2. The normalized spacial score (nSPS) is 11.5. The maximum atomic E-state index is 6.17. The number of benzene rings is 9. The SMILES string of the molecule is c1ccc(-c2ccc(N(c3ccc(-c4ccc5c(ccc6oc7ccccc7c65)c4)cc3)c3cc(-c4ccccc4)cc4ccccc34)cc2)cc1. The van der Waals surface area contributed by atoms with Gasteiger partial charge in [-0.25, -0.2) is 0 Å². The van der Waals surface area contributed by atoms with Crippen LogP contribution >= 0.6 is 0 Å². The second-order valence-electron chi connectivity index (χ2n) is 13.4. The lowest BCUT2D eigenvalue weighted by Crippen LogP contribution is -2.10. The molecule has 9 aromatic carbocycles. The highest BCUT2D eigenvalue weighted by Crippen LogP contribution is 2.43. The minimum absolute atomic E-state index is 0.922. The van der Waals surface area contributed by atoms with E-state index < -0.39 is 0 Å². The Bertz CT molecular complexity index is 2870. The molecule has 0 saturated carbocycles. The monoisotopic (exact) mass is 663 g/mol. The van der Waals surface area contributed by atoms with Crippen LogP contribution < -0.4 is 4.90 Å². The lowest BCUT2D eigenvalue weighted by Gasteiger charge is -2.28. The van der Waals surface area contributed by atoms with E-state index in [0.717, 1.165) is 33.6 Å². The molecule has 1 aromatic heterocycles. The molecule has 1 heterocycles. The van der Waals surface area contributed by atoms with Crippen LogP contribution in [0, 0.1) is 0 Å². The minimum Gasteiger partial charge on any atom is -0.456 e. The zero-order chi connectivity index (χ0) is 34.4. The van der Waals surface area contributed by atoms with Crippen LogP contribution in [0.4, 0.5) is 17.1 Å². The maximum Gasteiger partial charge on any atom is 0.136 e. The van der Waals surface area contributed by atoms with E-state index in [4.69, 9.17) is 4.42 Å². The lowest BCUT2D eigenvalue weighted by molar-refractivity contribution is 0.669. The molecule has 10 aromatic rings. The summed E-state index contributed by atoms with van der Waals surface area (Å²) < 4.78 is 6.17. The number of fused-ring (bicyclic) bond motifs is 6. The molecule has 2 nitrogen and oxygen atoms in total. The van der Waals surface area contributed by atoms with Gasteiger partial charge >= 0.3 is 0 Å². The van der Waals surface area contributed by atoms with Gasteiger partial charge in [0.05, 0.1) is 5.69 Å². The van der Waals surface area contributed by atoms with Gasteiger partial charge in [0, 0.05) is 27.5 Å². The fourth-order valence-electron chi connectivity index (χ4n) is 7.67. The molecule has 0 aliphatic rings. The van der Waals surface area contributed by atoms with Crippen LogP contribution in [0.25, 0.3) is 76.9 Å². The Morgan fingerprint density at radius 1 is 0.308 bits per heavy atom. The van der Waals surface area contributed by atoms with Gasteiger partial charge in [-0.15, -0.1) is 0 Å². The van der Waals surface area contributed by atoms with Crippen LogP contribution in [-0.4, -0.2) is 0 Å². The summed E-state index contributed by atoms with van der Waals surface area (Å²) in [6.07, 6.45) is 0. The van der Waals surface area contributed by atoms with E-state index in [0.29, 0.717) is 0 Å². The van der Waals surface area contributed by atoms with Crippen LogP contribution in [0.15, 0.2) is 205 Å². The Morgan fingerprint density at radius 2 is 0.827 bits per heavy atom. The van der Waals surface area contributed by atoms with Crippen molar-refractivity contribution in [2.45, 2.75) is 0 Å². The number of para-hydroxylation sites is 1. The zero-order valence-electron chi connectivity index (χ0n) is 28.4. The Labute approximate surface area is 302 Å².